The fourth-order valence-corrected chi connectivity index (χ4v) is 0.516. The standard InChI is InChI=1S/C7H12F3NO/c1-2-3-12-5-11-4-6(8)7(9)10/h11H,2-5H2,1H3. The van der Waals surface area contributed by atoms with Gasteiger partial charge in [0.25, 0.3) is 0 Å². The van der Waals surface area contributed by atoms with Crippen LogP contribution in [0.2, 0.25) is 0 Å². The minimum Gasteiger partial charge on any atom is -0.366 e. The van der Waals surface area contributed by atoms with Crippen molar-refractivity contribution < 1.29 is 17.9 Å². The molecule has 0 aromatic rings. The van der Waals surface area contributed by atoms with Gasteiger partial charge in [0.05, 0.1) is 13.3 Å². The van der Waals surface area contributed by atoms with E-state index in [-0.39, 0.29) is 6.73 Å². The van der Waals surface area contributed by atoms with Gasteiger partial charge >= 0.3 is 6.08 Å². The average molecular weight is 183 g/mol. The van der Waals surface area contributed by atoms with E-state index in [0.29, 0.717) is 6.61 Å². The van der Waals surface area contributed by atoms with Crippen LogP contribution in [0.3, 0.4) is 0 Å². The van der Waals surface area contributed by atoms with E-state index in [4.69, 9.17) is 4.74 Å². The van der Waals surface area contributed by atoms with Gasteiger partial charge < -0.3 is 4.74 Å². The van der Waals surface area contributed by atoms with Crippen molar-refractivity contribution in [1.29, 1.82) is 0 Å². The lowest BCUT2D eigenvalue weighted by Crippen LogP contribution is -2.20. The van der Waals surface area contributed by atoms with E-state index in [9.17, 15) is 13.2 Å². The quantitative estimate of drug-likeness (QED) is 0.502. The number of hydrogen-bond donors (Lipinski definition) is 1. The van der Waals surface area contributed by atoms with Gasteiger partial charge in [0, 0.05) is 6.61 Å². The zero-order valence-corrected chi connectivity index (χ0v) is 6.87. The summed E-state index contributed by atoms with van der Waals surface area (Å²) in [7, 11) is 0. The number of halogens is 3. The molecule has 0 aromatic carbocycles. The Morgan fingerprint density at radius 1 is 1.33 bits per heavy atom. The summed E-state index contributed by atoms with van der Waals surface area (Å²) in [6.07, 6.45) is -1.43. The Balaban J connectivity index is 3.26. The van der Waals surface area contributed by atoms with Crippen molar-refractivity contribution in [2.24, 2.45) is 0 Å². The number of ether oxygens (including phenoxy) is 1. The molecule has 72 valence electrons. The first-order valence-corrected chi connectivity index (χ1v) is 3.66. The van der Waals surface area contributed by atoms with Crippen molar-refractivity contribution in [2.45, 2.75) is 13.3 Å². The molecule has 0 amide bonds. The SMILES string of the molecule is CCCOCNCC(F)=C(F)F. The highest BCUT2D eigenvalue weighted by atomic mass is 19.3. The third-order valence-corrected chi connectivity index (χ3v) is 1.04. The van der Waals surface area contributed by atoms with Crippen LogP contribution in [0.25, 0.3) is 0 Å². The highest BCUT2D eigenvalue weighted by Crippen LogP contribution is 2.06. The van der Waals surface area contributed by atoms with Gasteiger partial charge in [-0.15, -0.1) is 0 Å². The molecular formula is C7H12F3NO. The van der Waals surface area contributed by atoms with Crippen LogP contribution in [-0.4, -0.2) is 19.9 Å². The van der Waals surface area contributed by atoms with Crippen LogP contribution in [0, 0.1) is 0 Å². The number of nitrogens with one attached hydrogen (secondary N) is 1. The van der Waals surface area contributed by atoms with Gasteiger partial charge in [-0.1, -0.05) is 6.92 Å². The van der Waals surface area contributed by atoms with E-state index in [0.717, 1.165) is 6.42 Å². The molecule has 2 nitrogen and oxygen atoms in total. The van der Waals surface area contributed by atoms with Crippen LogP contribution in [0.5, 0.6) is 0 Å². The fraction of sp³-hybridized carbons (Fsp3) is 0.714. The van der Waals surface area contributed by atoms with Gasteiger partial charge in [-0.25, -0.2) is 4.39 Å². The number of rotatable bonds is 6. The highest BCUT2D eigenvalue weighted by Gasteiger charge is 2.02. The molecule has 0 rings (SSSR count). The van der Waals surface area contributed by atoms with E-state index in [1.807, 2.05) is 6.92 Å². The van der Waals surface area contributed by atoms with Gasteiger partial charge in [-0.3, -0.25) is 5.32 Å². The minimum atomic E-state index is -2.28. The maximum absolute atomic E-state index is 12.0. The third kappa shape index (κ3) is 6.18. The zero-order valence-electron chi connectivity index (χ0n) is 6.87. The second-order valence-electron chi connectivity index (χ2n) is 2.14. The molecule has 0 fully saturated rings. The van der Waals surface area contributed by atoms with E-state index < -0.39 is 18.5 Å². The molecule has 1 N–H and O–H groups in total. The molecule has 0 atom stereocenters. The fourth-order valence-electron chi connectivity index (χ4n) is 0.516. The molecule has 12 heavy (non-hydrogen) atoms. The second-order valence-corrected chi connectivity index (χ2v) is 2.14. The van der Waals surface area contributed by atoms with Crippen LogP contribution in [0.4, 0.5) is 13.2 Å². The Kier molecular flexibility index (Phi) is 6.79. The smallest absolute Gasteiger partial charge is 0.302 e. The van der Waals surface area contributed by atoms with Crippen molar-refractivity contribution in [3.05, 3.63) is 11.9 Å². The van der Waals surface area contributed by atoms with Gasteiger partial charge in [-0.2, -0.15) is 8.78 Å². The molecule has 0 aromatic heterocycles. The van der Waals surface area contributed by atoms with Crippen molar-refractivity contribution in [1.82, 2.24) is 5.32 Å². The third-order valence-electron chi connectivity index (χ3n) is 1.04. The Hall–Kier alpha value is -0.550. The molecular weight excluding hydrogens is 171 g/mol. The monoisotopic (exact) mass is 183 g/mol. The molecule has 0 heterocycles. The maximum Gasteiger partial charge on any atom is 0.302 e. The van der Waals surface area contributed by atoms with Crippen LogP contribution in [0.1, 0.15) is 13.3 Å². The van der Waals surface area contributed by atoms with Gasteiger partial charge in [0.15, 0.2) is 5.83 Å². The Morgan fingerprint density at radius 3 is 2.50 bits per heavy atom. The lowest BCUT2D eigenvalue weighted by molar-refractivity contribution is 0.117. The lowest BCUT2D eigenvalue weighted by atomic mass is 10.5. The normalized spacial score (nSPS) is 10.0. The van der Waals surface area contributed by atoms with Gasteiger partial charge in [-0.05, 0) is 6.42 Å². The molecule has 0 radical (unpaired) electrons. The topological polar surface area (TPSA) is 21.3 Å². The summed E-state index contributed by atoms with van der Waals surface area (Å²) in [5.41, 5.74) is 0. The Labute approximate surface area is 69.4 Å². The van der Waals surface area contributed by atoms with E-state index in [1.54, 1.807) is 0 Å². The molecule has 0 unspecified atom stereocenters. The van der Waals surface area contributed by atoms with E-state index >= 15 is 0 Å². The summed E-state index contributed by atoms with van der Waals surface area (Å²) in [6.45, 7) is 2.07. The Morgan fingerprint density at radius 2 is 2.00 bits per heavy atom. The van der Waals surface area contributed by atoms with Crippen LogP contribution in [-0.2, 0) is 4.74 Å². The van der Waals surface area contributed by atoms with Crippen molar-refractivity contribution in [2.75, 3.05) is 19.9 Å². The summed E-state index contributed by atoms with van der Waals surface area (Å²) < 4.78 is 39.8. The highest BCUT2D eigenvalue weighted by molar-refractivity contribution is 4.93. The van der Waals surface area contributed by atoms with Crippen LogP contribution < -0.4 is 5.32 Å². The molecule has 0 bridgehead atoms. The van der Waals surface area contributed by atoms with Crippen LogP contribution in [0.15, 0.2) is 11.9 Å². The largest absolute Gasteiger partial charge is 0.366 e. The molecule has 5 heteroatoms. The number of hydrogen-bond acceptors (Lipinski definition) is 2. The molecule has 0 spiro atoms. The maximum atomic E-state index is 12.0. The first-order chi connectivity index (χ1) is 5.68. The average Bonchev–Trinajstić information content (AvgIpc) is 2.03. The molecule has 0 saturated heterocycles. The van der Waals surface area contributed by atoms with Gasteiger partial charge in [0.1, 0.15) is 0 Å². The van der Waals surface area contributed by atoms with Gasteiger partial charge in [0.2, 0.25) is 0 Å². The summed E-state index contributed by atoms with van der Waals surface area (Å²) in [5, 5.41) is 2.37. The van der Waals surface area contributed by atoms with E-state index in [1.165, 1.54) is 0 Å². The molecule has 0 aliphatic heterocycles. The van der Waals surface area contributed by atoms with Crippen molar-refractivity contribution >= 4 is 0 Å². The second kappa shape index (κ2) is 7.12. The van der Waals surface area contributed by atoms with Crippen molar-refractivity contribution in [3.8, 4) is 0 Å². The summed E-state index contributed by atoms with van der Waals surface area (Å²) in [5.74, 6) is -1.44. The lowest BCUT2D eigenvalue weighted by Gasteiger charge is -2.02. The zero-order chi connectivity index (χ0) is 9.40. The van der Waals surface area contributed by atoms with Crippen LogP contribution >= 0.6 is 0 Å². The predicted molar refractivity (Wildman–Crippen MR) is 39.5 cm³/mol. The predicted octanol–water partition coefficient (Wildman–Crippen LogP) is 2.04. The summed E-state index contributed by atoms with van der Waals surface area (Å²) in [6, 6.07) is 0. The molecule has 0 saturated carbocycles. The van der Waals surface area contributed by atoms with E-state index in [2.05, 4.69) is 5.32 Å². The Bertz CT molecular complexity index is 146. The summed E-state index contributed by atoms with van der Waals surface area (Å²) >= 11 is 0. The molecule has 0 aliphatic carbocycles. The summed E-state index contributed by atoms with van der Waals surface area (Å²) in [4.78, 5) is 0. The minimum absolute atomic E-state index is 0.0918. The molecule has 0 aliphatic rings. The first-order valence-electron chi connectivity index (χ1n) is 3.66. The first kappa shape index (κ1) is 11.4. The van der Waals surface area contributed by atoms with Crippen molar-refractivity contribution in [3.63, 3.8) is 0 Å².